The van der Waals surface area contributed by atoms with Gasteiger partial charge in [-0.15, -0.1) is 0 Å². The summed E-state index contributed by atoms with van der Waals surface area (Å²) in [4.78, 5) is 2.28. The van der Waals surface area contributed by atoms with Crippen LogP contribution in [0.15, 0.2) is 83.0 Å². The van der Waals surface area contributed by atoms with E-state index in [0.717, 1.165) is 30.9 Å². The maximum Gasteiger partial charge on any atom is 0.416 e. The van der Waals surface area contributed by atoms with Gasteiger partial charge in [-0.25, -0.2) is 0 Å². The molecule has 1 aliphatic rings. The van der Waals surface area contributed by atoms with E-state index in [9.17, 15) is 13.2 Å². The Hall–Kier alpha value is -3.15. The zero-order valence-electron chi connectivity index (χ0n) is 14.3. The molecule has 1 aliphatic heterocycles. The third-order valence-corrected chi connectivity index (χ3v) is 4.53. The van der Waals surface area contributed by atoms with Gasteiger partial charge in [0.1, 0.15) is 0 Å². The lowest BCUT2D eigenvalue weighted by Gasteiger charge is -2.17. The second-order valence-electron chi connectivity index (χ2n) is 6.39. The third-order valence-electron chi connectivity index (χ3n) is 4.53. The molecule has 0 bridgehead atoms. The number of benzene rings is 3. The summed E-state index contributed by atoms with van der Waals surface area (Å²) < 4.78 is 37.7. The van der Waals surface area contributed by atoms with E-state index < -0.39 is 11.7 Å². The molecule has 3 aromatic carbocycles. The largest absolute Gasteiger partial charge is 0.416 e. The fraction of sp³-hybridized carbons (Fsp3) is 0.143. The first-order chi connectivity index (χ1) is 13.0. The molecule has 0 aliphatic carbocycles. The summed E-state index contributed by atoms with van der Waals surface area (Å²) in [5, 5.41) is 8.10. The Morgan fingerprint density at radius 1 is 0.667 bits per heavy atom. The van der Waals surface area contributed by atoms with Crippen molar-refractivity contribution < 1.29 is 13.2 Å². The molecule has 27 heavy (non-hydrogen) atoms. The van der Waals surface area contributed by atoms with Crippen LogP contribution in [0.1, 0.15) is 16.7 Å². The van der Waals surface area contributed by atoms with Crippen molar-refractivity contribution in [3.8, 4) is 0 Å². The van der Waals surface area contributed by atoms with Gasteiger partial charge >= 0.3 is 6.18 Å². The zero-order chi connectivity index (χ0) is 18.9. The Morgan fingerprint density at radius 3 is 1.63 bits per heavy atom. The van der Waals surface area contributed by atoms with Crippen molar-refractivity contribution in [3.05, 3.63) is 89.5 Å². The van der Waals surface area contributed by atoms with Crippen LogP contribution in [-0.2, 0) is 19.3 Å². The number of hydrogen-bond acceptors (Lipinski definition) is 3. The molecule has 0 atom stereocenters. The SMILES string of the molecule is FC(F)(F)c1ccc(N=Nc2ccc(N3Cc4ccccc4C3)cc2)cc1. The number of hydrogen-bond donors (Lipinski definition) is 0. The molecular formula is C21H16F3N3. The molecule has 136 valence electrons. The van der Waals surface area contributed by atoms with Crippen LogP contribution in [0.25, 0.3) is 0 Å². The predicted octanol–water partition coefficient (Wildman–Crippen LogP) is 6.64. The molecule has 0 saturated carbocycles. The number of rotatable bonds is 3. The molecule has 3 aromatic rings. The number of azo groups is 1. The third kappa shape index (κ3) is 3.84. The van der Waals surface area contributed by atoms with E-state index in [0.29, 0.717) is 11.4 Å². The van der Waals surface area contributed by atoms with Gasteiger partial charge in [0, 0.05) is 18.8 Å². The van der Waals surface area contributed by atoms with Crippen LogP contribution in [0.4, 0.5) is 30.2 Å². The van der Waals surface area contributed by atoms with Gasteiger partial charge in [0.05, 0.1) is 16.9 Å². The van der Waals surface area contributed by atoms with Crippen LogP contribution in [0.2, 0.25) is 0 Å². The van der Waals surface area contributed by atoms with Crippen molar-refractivity contribution >= 4 is 17.1 Å². The van der Waals surface area contributed by atoms with Crippen LogP contribution in [0, 0.1) is 0 Å². The minimum absolute atomic E-state index is 0.377. The first-order valence-electron chi connectivity index (χ1n) is 8.50. The summed E-state index contributed by atoms with van der Waals surface area (Å²) in [6, 6.07) is 20.7. The Labute approximate surface area is 154 Å². The van der Waals surface area contributed by atoms with Crippen molar-refractivity contribution in [1.29, 1.82) is 0 Å². The standard InChI is InChI=1S/C21H16F3N3/c22-21(23,24)17-5-7-18(8-6-17)25-26-19-9-11-20(12-10-19)27-13-15-3-1-2-4-16(15)14-27/h1-12H,13-14H2. The Balaban J connectivity index is 1.43. The predicted molar refractivity (Wildman–Crippen MR) is 98.4 cm³/mol. The Morgan fingerprint density at radius 2 is 1.15 bits per heavy atom. The van der Waals surface area contributed by atoms with E-state index in [2.05, 4.69) is 27.3 Å². The van der Waals surface area contributed by atoms with Crippen molar-refractivity contribution in [2.24, 2.45) is 10.2 Å². The molecular weight excluding hydrogens is 351 g/mol. The molecule has 4 rings (SSSR count). The van der Waals surface area contributed by atoms with Crippen molar-refractivity contribution in [3.63, 3.8) is 0 Å². The monoisotopic (exact) mass is 367 g/mol. The minimum Gasteiger partial charge on any atom is -0.363 e. The van der Waals surface area contributed by atoms with Gasteiger partial charge in [0.2, 0.25) is 0 Å². The van der Waals surface area contributed by atoms with E-state index >= 15 is 0 Å². The maximum atomic E-state index is 12.6. The van der Waals surface area contributed by atoms with Crippen LogP contribution in [0.5, 0.6) is 0 Å². The molecule has 0 fully saturated rings. The summed E-state index contributed by atoms with van der Waals surface area (Å²) in [5.41, 5.74) is 4.10. The normalized spacial score (nSPS) is 14.0. The van der Waals surface area contributed by atoms with Gasteiger partial charge in [-0.05, 0) is 59.7 Å². The van der Waals surface area contributed by atoms with Gasteiger partial charge in [-0.1, -0.05) is 24.3 Å². The van der Waals surface area contributed by atoms with Crippen molar-refractivity contribution in [1.82, 2.24) is 0 Å². The number of nitrogens with zero attached hydrogens (tertiary/aromatic N) is 3. The average Bonchev–Trinajstić information content (AvgIpc) is 3.11. The Kier molecular flexibility index (Phi) is 4.39. The highest BCUT2D eigenvalue weighted by molar-refractivity contribution is 5.56. The van der Waals surface area contributed by atoms with E-state index in [1.54, 1.807) is 0 Å². The maximum absolute atomic E-state index is 12.6. The number of fused-ring (bicyclic) bond motifs is 1. The lowest BCUT2D eigenvalue weighted by Crippen LogP contribution is -2.13. The van der Waals surface area contributed by atoms with Gasteiger partial charge in [0.25, 0.3) is 0 Å². The minimum atomic E-state index is -4.35. The highest BCUT2D eigenvalue weighted by Gasteiger charge is 2.29. The first kappa shape index (κ1) is 17.3. The fourth-order valence-corrected chi connectivity index (χ4v) is 3.08. The van der Waals surface area contributed by atoms with Gasteiger partial charge in [0.15, 0.2) is 0 Å². The smallest absolute Gasteiger partial charge is 0.363 e. The quantitative estimate of drug-likeness (QED) is 0.477. The molecule has 0 unspecified atom stereocenters. The highest BCUT2D eigenvalue weighted by Crippen LogP contribution is 2.32. The van der Waals surface area contributed by atoms with Crippen LogP contribution in [-0.4, -0.2) is 0 Å². The molecule has 0 saturated heterocycles. The number of anilines is 1. The van der Waals surface area contributed by atoms with Gasteiger partial charge in [-0.3, -0.25) is 0 Å². The Bertz CT molecular complexity index is 936. The van der Waals surface area contributed by atoms with Crippen LogP contribution in [0.3, 0.4) is 0 Å². The van der Waals surface area contributed by atoms with E-state index in [-0.39, 0.29) is 0 Å². The number of alkyl halides is 3. The summed E-state index contributed by atoms with van der Waals surface area (Å²) in [6.45, 7) is 1.76. The summed E-state index contributed by atoms with van der Waals surface area (Å²) >= 11 is 0. The first-order valence-corrected chi connectivity index (χ1v) is 8.50. The second-order valence-corrected chi connectivity index (χ2v) is 6.39. The van der Waals surface area contributed by atoms with Crippen molar-refractivity contribution in [2.75, 3.05) is 4.90 Å². The summed E-state index contributed by atoms with van der Waals surface area (Å²) in [7, 11) is 0. The molecule has 0 radical (unpaired) electrons. The average molecular weight is 367 g/mol. The van der Waals surface area contributed by atoms with Gasteiger partial charge < -0.3 is 4.90 Å². The second kappa shape index (κ2) is 6.87. The zero-order valence-corrected chi connectivity index (χ0v) is 14.3. The summed E-state index contributed by atoms with van der Waals surface area (Å²) in [6.07, 6.45) is -4.35. The number of halogens is 3. The lowest BCUT2D eigenvalue weighted by atomic mass is 10.1. The van der Waals surface area contributed by atoms with Crippen molar-refractivity contribution in [2.45, 2.75) is 19.3 Å². The van der Waals surface area contributed by atoms with Gasteiger partial charge in [-0.2, -0.15) is 23.4 Å². The van der Waals surface area contributed by atoms with E-state index in [1.165, 1.54) is 23.3 Å². The van der Waals surface area contributed by atoms with Crippen LogP contribution < -0.4 is 4.90 Å². The topological polar surface area (TPSA) is 28.0 Å². The molecule has 3 nitrogen and oxygen atoms in total. The van der Waals surface area contributed by atoms with Crippen LogP contribution >= 0.6 is 0 Å². The summed E-state index contributed by atoms with van der Waals surface area (Å²) in [5.74, 6) is 0. The molecule has 0 spiro atoms. The highest BCUT2D eigenvalue weighted by atomic mass is 19.4. The molecule has 1 heterocycles. The molecule has 0 aromatic heterocycles. The lowest BCUT2D eigenvalue weighted by molar-refractivity contribution is -0.137. The van der Waals surface area contributed by atoms with E-state index in [1.807, 2.05) is 36.4 Å². The fourth-order valence-electron chi connectivity index (χ4n) is 3.08. The molecule has 0 amide bonds. The molecule has 6 heteroatoms. The molecule has 0 N–H and O–H groups in total. The van der Waals surface area contributed by atoms with E-state index in [4.69, 9.17) is 0 Å².